The molecule has 1 rings (SSSR count). The molecule has 0 spiro atoms. The normalized spacial score (nSPS) is 15.1. The number of likely N-dealkylation sites (tertiary alicyclic amines) is 1. The summed E-state index contributed by atoms with van der Waals surface area (Å²) in [5.41, 5.74) is 0. The highest BCUT2D eigenvalue weighted by Crippen LogP contribution is 2.11. The summed E-state index contributed by atoms with van der Waals surface area (Å²) in [5.74, 6) is -1.57. The summed E-state index contributed by atoms with van der Waals surface area (Å²) in [6.45, 7) is 2.82. The molecule has 0 aromatic rings. The average Bonchev–Trinajstić information content (AvgIpc) is 2.45. The van der Waals surface area contributed by atoms with Crippen LogP contribution >= 0.6 is 0 Å². The smallest absolute Gasteiger partial charge is 0.409 e. The van der Waals surface area contributed by atoms with Crippen molar-refractivity contribution in [1.29, 1.82) is 5.26 Å². The van der Waals surface area contributed by atoms with Crippen molar-refractivity contribution >= 4 is 17.9 Å². The monoisotopic (exact) mass is 282 g/mol. The molecule has 0 unspecified atom stereocenters. The van der Waals surface area contributed by atoms with Crippen molar-refractivity contribution in [1.82, 2.24) is 15.5 Å². The number of hydrogen-bond donors (Lipinski definition) is 2. The number of carbonyl (C=O) groups excluding carboxylic acids is 3. The van der Waals surface area contributed by atoms with Gasteiger partial charge >= 0.3 is 17.9 Å². The molecule has 1 heterocycles. The van der Waals surface area contributed by atoms with Crippen LogP contribution in [0.4, 0.5) is 4.79 Å². The molecule has 1 aliphatic heterocycles. The molecule has 8 heteroatoms. The summed E-state index contributed by atoms with van der Waals surface area (Å²) in [6, 6.07) is 1.57. The third kappa shape index (κ3) is 4.76. The number of ether oxygens (including phenoxy) is 1. The molecule has 0 aliphatic carbocycles. The maximum absolute atomic E-state index is 11.5. The number of nitrogens with one attached hydrogen (secondary N) is 2. The van der Waals surface area contributed by atoms with E-state index in [1.165, 1.54) is 0 Å². The number of hydrogen-bond acceptors (Lipinski definition) is 5. The number of nitriles is 1. The molecular weight excluding hydrogens is 264 g/mol. The molecule has 0 aromatic carbocycles. The molecule has 0 atom stereocenters. The topological polar surface area (TPSA) is 112 Å². The quantitative estimate of drug-likeness (QED) is 0.528. The second-order valence-electron chi connectivity index (χ2n) is 4.27. The van der Waals surface area contributed by atoms with Gasteiger partial charge in [-0.15, -0.1) is 0 Å². The van der Waals surface area contributed by atoms with E-state index in [0.717, 1.165) is 0 Å². The van der Waals surface area contributed by atoms with Crippen LogP contribution in [0.15, 0.2) is 0 Å². The molecule has 3 amide bonds. The van der Waals surface area contributed by atoms with Crippen LogP contribution in [-0.2, 0) is 14.3 Å². The van der Waals surface area contributed by atoms with Crippen molar-refractivity contribution in [3.05, 3.63) is 0 Å². The molecule has 0 bridgehead atoms. The van der Waals surface area contributed by atoms with Gasteiger partial charge in [-0.3, -0.25) is 9.59 Å². The number of piperidine rings is 1. The van der Waals surface area contributed by atoms with Crippen molar-refractivity contribution in [2.75, 3.05) is 26.2 Å². The van der Waals surface area contributed by atoms with E-state index in [9.17, 15) is 14.4 Å². The van der Waals surface area contributed by atoms with Crippen LogP contribution in [0.1, 0.15) is 19.8 Å². The van der Waals surface area contributed by atoms with Gasteiger partial charge in [0.2, 0.25) is 0 Å². The summed E-state index contributed by atoms with van der Waals surface area (Å²) in [4.78, 5) is 35.8. The van der Waals surface area contributed by atoms with Crippen LogP contribution in [-0.4, -0.2) is 55.1 Å². The standard InChI is InChI=1S/C12H18N4O4/c1-2-20-12(19)16-7-3-9(4-8-16)15-11(18)10(17)14-6-5-13/h9H,2-4,6-8H2,1H3,(H,14,17)(H,15,18). The van der Waals surface area contributed by atoms with Gasteiger partial charge in [-0.2, -0.15) is 5.26 Å². The van der Waals surface area contributed by atoms with E-state index >= 15 is 0 Å². The number of nitrogens with zero attached hydrogens (tertiary/aromatic N) is 2. The van der Waals surface area contributed by atoms with Crippen molar-refractivity contribution in [2.24, 2.45) is 0 Å². The number of carbonyl (C=O) groups is 3. The fraction of sp³-hybridized carbons (Fsp3) is 0.667. The molecule has 1 saturated heterocycles. The first-order valence-electron chi connectivity index (χ1n) is 6.45. The Hall–Kier alpha value is -2.30. The predicted octanol–water partition coefficient (Wildman–Crippen LogP) is -0.637. The highest BCUT2D eigenvalue weighted by atomic mass is 16.6. The largest absolute Gasteiger partial charge is 0.450 e. The van der Waals surface area contributed by atoms with Crippen LogP contribution in [0.25, 0.3) is 0 Å². The van der Waals surface area contributed by atoms with Gasteiger partial charge in [0.15, 0.2) is 0 Å². The third-order valence-corrected chi connectivity index (χ3v) is 2.89. The van der Waals surface area contributed by atoms with Gasteiger partial charge in [0.1, 0.15) is 6.54 Å². The summed E-state index contributed by atoms with van der Waals surface area (Å²) >= 11 is 0. The molecular formula is C12H18N4O4. The average molecular weight is 282 g/mol. The van der Waals surface area contributed by atoms with Crippen LogP contribution in [0.2, 0.25) is 0 Å². The Morgan fingerprint density at radius 2 is 1.95 bits per heavy atom. The molecule has 1 fully saturated rings. The van der Waals surface area contributed by atoms with Gasteiger partial charge in [0.05, 0.1) is 12.7 Å². The molecule has 1 aliphatic rings. The maximum Gasteiger partial charge on any atom is 0.409 e. The second-order valence-corrected chi connectivity index (χ2v) is 4.27. The van der Waals surface area contributed by atoms with E-state index in [-0.39, 0.29) is 18.7 Å². The number of rotatable bonds is 3. The van der Waals surface area contributed by atoms with E-state index in [0.29, 0.717) is 32.5 Å². The second kappa shape index (κ2) is 7.99. The van der Waals surface area contributed by atoms with Gasteiger partial charge in [0, 0.05) is 19.1 Å². The van der Waals surface area contributed by atoms with Gasteiger partial charge in [0.25, 0.3) is 0 Å². The molecule has 0 aromatic heterocycles. The van der Waals surface area contributed by atoms with Crippen LogP contribution in [0.3, 0.4) is 0 Å². The van der Waals surface area contributed by atoms with Gasteiger partial charge in [-0.05, 0) is 19.8 Å². The van der Waals surface area contributed by atoms with Crippen molar-refractivity contribution < 1.29 is 19.1 Å². The lowest BCUT2D eigenvalue weighted by Crippen LogP contribution is -2.50. The van der Waals surface area contributed by atoms with Crippen LogP contribution in [0.5, 0.6) is 0 Å². The first kappa shape index (κ1) is 15.8. The van der Waals surface area contributed by atoms with E-state index in [1.54, 1.807) is 17.9 Å². The first-order chi connectivity index (χ1) is 9.58. The summed E-state index contributed by atoms with van der Waals surface area (Å²) in [7, 11) is 0. The summed E-state index contributed by atoms with van der Waals surface area (Å²) in [5, 5.41) is 13.0. The lowest BCUT2D eigenvalue weighted by atomic mass is 10.1. The fourth-order valence-corrected chi connectivity index (χ4v) is 1.87. The zero-order valence-electron chi connectivity index (χ0n) is 11.3. The minimum Gasteiger partial charge on any atom is -0.450 e. The first-order valence-corrected chi connectivity index (χ1v) is 6.45. The van der Waals surface area contributed by atoms with E-state index in [4.69, 9.17) is 10.00 Å². The van der Waals surface area contributed by atoms with Crippen molar-refractivity contribution in [3.63, 3.8) is 0 Å². The number of amides is 3. The summed E-state index contributed by atoms with van der Waals surface area (Å²) < 4.78 is 4.89. The lowest BCUT2D eigenvalue weighted by molar-refractivity contribution is -0.139. The van der Waals surface area contributed by atoms with Crippen LogP contribution in [0, 0.1) is 11.3 Å². The van der Waals surface area contributed by atoms with E-state index in [2.05, 4.69) is 10.6 Å². The lowest BCUT2D eigenvalue weighted by Gasteiger charge is -2.31. The Morgan fingerprint density at radius 1 is 1.30 bits per heavy atom. The molecule has 20 heavy (non-hydrogen) atoms. The van der Waals surface area contributed by atoms with E-state index < -0.39 is 11.8 Å². The van der Waals surface area contributed by atoms with Gasteiger partial charge in [-0.1, -0.05) is 0 Å². The minimum atomic E-state index is -0.820. The predicted molar refractivity (Wildman–Crippen MR) is 68.4 cm³/mol. The highest BCUT2D eigenvalue weighted by Gasteiger charge is 2.26. The molecule has 8 nitrogen and oxygen atoms in total. The molecule has 2 N–H and O–H groups in total. The van der Waals surface area contributed by atoms with Gasteiger partial charge in [-0.25, -0.2) is 4.79 Å². The fourth-order valence-electron chi connectivity index (χ4n) is 1.87. The van der Waals surface area contributed by atoms with Crippen molar-refractivity contribution in [2.45, 2.75) is 25.8 Å². The SMILES string of the molecule is CCOC(=O)N1CCC(NC(=O)C(=O)NCC#N)CC1. The Kier molecular flexibility index (Phi) is 6.29. The third-order valence-electron chi connectivity index (χ3n) is 2.89. The Balaban J connectivity index is 2.32. The van der Waals surface area contributed by atoms with Gasteiger partial charge < -0.3 is 20.3 Å². The zero-order valence-corrected chi connectivity index (χ0v) is 11.3. The highest BCUT2D eigenvalue weighted by molar-refractivity contribution is 6.35. The van der Waals surface area contributed by atoms with E-state index in [1.807, 2.05) is 0 Å². The Bertz CT molecular complexity index is 410. The molecule has 110 valence electrons. The Labute approximate surface area is 117 Å². The zero-order chi connectivity index (χ0) is 15.0. The summed E-state index contributed by atoms with van der Waals surface area (Å²) in [6.07, 6.45) is 0.774. The molecule has 0 radical (unpaired) electrons. The Morgan fingerprint density at radius 3 is 2.50 bits per heavy atom. The maximum atomic E-state index is 11.5. The van der Waals surface area contributed by atoms with Crippen molar-refractivity contribution in [3.8, 4) is 6.07 Å². The minimum absolute atomic E-state index is 0.152. The van der Waals surface area contributed by atoms with Crippen LogP contribution < -0.4 is 10.6 Å². The molecule has 0 saturated carbocycles.